The summed E-state index contributed by atoms with van der Waals surface area (Å²) in [5.41, 5.74) is 0. The van der Waals surface area contributed by atoms with Crippen LogP contribution in [0.15, 0.2) is 0 Å². The van der Waals surface area contributed by atoms with Crippen LogP contribution in [0.5, 0.6) is 0 Å². The van der Waals surface area contributed by atoms with E-state index in [2.05, 4.69) is 25.6 Å². The van der Waals surface area contributed by atoms with E-state index < -0.39 is 0 Å². The molecular weight excluding hydrogens is 296 g/mol. The maximum atomic E-state index is 11.5. The van der Waals surface area contributed by atoms with Crippen molar-refractivity contribution in [1.29, 1.82) is 0 Å². The number of carbonyl (C=O) groups excluding carboxylic acids is 1. The fourth-order valence-electron chi connectivity index (χ4n) is 1.81. The topological polar surface area (TPSA) is 92.3 Å². The Morgan fingerprint density at radius 3 is 2.81 bits per heavy atom. The number of halogens is 1. The van der Waals surface area contributed by atoms with Crippen LogP contribution in [-0.2, 0) is 9.53 Å². The minimum absolute atomic E-state index is 0.1000. The Balaban J connectivity index is 1.96. The molecule has 0 radical (unpaired) electrons. The first-order valence-corrected chi connectivity index (χ1v) is 7.31. The molecule has 0 aromatic carbocycles. The average Bonchev–Trinajstić information content (AvgIpc) is 2.51. The van der Waals surface area contributed by atoms with E-state index in [1.54, 1.807) is 0 Å². The van der Waals surface area contributed by atoms with Gasteiger partial charge in [0.25, 0.3) is 0 Å². The number of hydrogen-bond acceptors (Lipinski definition) is 7. The number of nitrogens with one attached hydrogen (secondary N) is 2. The van der Waals surface area contributed by atoms with Crippen LogP contribution in [0.1, 0.15) is 13.3 Å². The molecule has 0 aliphatic carbocycles. The van der Waals surface area contributed by atoms with E-state index in [-0.39, 0.29) is 17.7 Å². The summed E-state index contributed by atoms with van der Waals surface area (Å²) in [4.78, 5) is 25.9. The molecule has 21 heavy (non-hydrogen) atoms. The van der Waals surface area contributed by atoms with Crippen molar-refractivity contribution in [3.8, 4) is 0 Å². The van der Waals surface area contributed by atoms with E-state index in [4.69, 9.17) is 16.3 Å². The fourth-order valence-corrected chi connectivity index (χ4v) is 1.97. The van der Waals surface area contributed by atoms with Crippen molar-refractivity contribution in [1.82, 2.24) is 20.3 Å². The number of morpholine rings is 1. The lowest BCUT2D eigenvalue weighted by Crippen LogP contribution is -2.37. The van der Waals surface area contributed by atoms with Crippen molar-refractivity contribution in [2.75, 3.05) is 49.6 Å². The zero-order chi connectivity index (χ0) is 15.1. The molecule has 2 rings (SSSR count). The van der Waals surface area contributed by atoms with Crippen LogP contribution in [-0.4, -0.2) is 60.3 Å². The Bertz CT molecular complexity index is 481. The monoisotopic (exact) mass is 314 g/mol. The van der Waals surface area contributed by atoms with Crippen LogP contribution >= 0.6 is 11.6 Å². The summed E-state index contributed by atoms with van der Waals surface area (Å²) in [5, 5.41) is 5.72. The first kappa shape index (κ1) is 15.7. The maximum Gasteiger partial charge on any atom is 0.239 e. The Labute approximate surface area is 128 Å². The quantitative estimate of drug-likeness (QED) is 0.780. The zero-order valence-electron chi connectivity index (χ0n) is 11.9. The highest BCUT2D eigenvalue weighted by atomic mass is 35.5. The van der Waals surface area contributed by atoms with E-state index in [0.717, 1.165) is 6.42 Å². The molecule has 2 heterocycles. The predicted octanol–water partition coefficient (Wildman–Crippen LogP) is 0.300. The Hall–Kier alpha value is -1.67. The molecule has 0 unspecified atom stereocenters. The maximum absolute atomic E-state index is 11.5. The number of hydrogen-bond donors (Lipinski definition) is 2. The largest absolute Gasteiger partial charge is 0.378 e. The highest BCUT2D eigenvalue weighted by Gasteiger charge is 2.16. The van der Waals surface area contributed by atoms with E-state index in [9.17, 15) is 4.79 Å². The van der Waals surface area contributed by atoms with Crippen LogP contribution in [0.4, 0.5) is 11.9 Å². The number of amides is 1. The van der Waals surface area contributed by atoms with E-state index in [1.165, 1.54) is 0 Å². The molecule has 0 spiro atoms. The number of anilines is 2. The summed E-state index contributed by atoms with van der Waals surface area (Å²) in [6.45, 7) is 5.42. The summed E-state index contributed by atoms with van der Waals surface area (Å²) in [6.07, 6.45) is 0.893. The summed E-state index contributed by atoms with van der Waals surface area (Å²) in [6, 6.07) is 0. The van der Waals surface area contributed by atoms with E-state index in [1.807, 2.05) is 11.8 Å². The lowest BCUT2D eigenvalue weighted by Gasteiger charge is -2.26. The molecular formula is C12H19ClN6O2. The summed E-state index contributed by atoms with van der Waals surface area (Å²) in [7, 11) is 0. The number of ether oxygens (including phenoxy) is 1. The second-order valence-corrected chi connectivity index (χ2v) is 4.87. The fraction of sp³-hybridized carbons (Fsp3) is 0.667. The normalized spacial score (nSPS) is 14.9. The van der Waals surface area contributed by atoms with Crippen LogP contribution in [0.25, 0.3) is 0 Å². The molecule has 0 atom stereocenters. The van der Waals surface area contributed by atoms with Crippen molar-refractivity contribution in [3.63, 3.8) is 0 Å². The van der Waals surface area contributed by atoms with Gasteiger partial charge >= 0.3 is 0 Å². The van der Waals surface area contributed by atoms with E-state index >= 15 is 0 Å². The summed E-state index contributed by atoms with van der Waals surface area (Å²) >= 11 is 5.91. The van der Waals surface area contributed by atoms with Gasteiger partial charge in [0.1, 0.15) is 0 Å². The molecule has 1 saturated heterocycles. The van der Waals surface area contributed by atoms with Gasteiger partial charge in [-0.15, -0.1) is 0 Å². The van der Waals surface area contributed by atoms with Gasteiger partial charge in [0.05, 0.1) is 19.8 Å². The van der Waals surface area contributed by atoms with Gasteiger partial charge < -0.3 is 20.3 Å². The SMILES string of the molecule is CCCNC(=O)CNc1nc(Cl)nc(N2CCOCC2)n1. The second-order valence-electron chi connectivity index (χ2n) is 4.53. The molecule has 8 nitrogen and oxygen atoms in total. The number of rotatable bonds is 6. The van der Waals surface area contributed by atoms with Gasteiger partial charge in [0.15, 0.2) is 0 Å². The van der Waals surface area contributed by atoms with Crippen LogP contribution in [0.3, 0.4) is 0 Å². The van der Waals surface area contributed by atoms with Crippen LogP contribution < -0.4 is 15.5 Å². The summed E-state index contributed by atoms with van der Waals surface area (Å²) in [5.74, 6) is 0.680. The number of aromatic nitrogens is 3. The molecule has 1 aromatic heterocycles. The number of nitrogens with zero attached hydrogens (tertiary/aromatic N) is 4. The second kappa shape index (κ2) is 7.94. The first-order valence-electron chi connectivity index (χ1n) is 6.94. The standard InChI is InChI=1S/C12H19ClN6O2/c1-2-3-14-9(20)8-15-11-16-10(13)17-12(18-11)19-4-6-21-7-5-19/h2-8H2,1H3,(H,14,20)(H,15,16,17,18). The minimum atomic E-state index is -0.110. The van der Waals surface area contributed by atoms with Gasteiger partial charge in [-0.3, -0.25) is 4.79 Å². The van der Waals surface area contributed by atoms with Crippen molar-refractivity contribution in [3.05, 3.63) is 5.28 Å². The Morgan fingerprint density at radius 1 is 1.33 bits per heavy atom. The smallest absolute Gasteiger partial charge is 0.239 e. The van der Waals surface area contributed by atoms with Crippen molar-refractivity contribution in [2.24, 2.45) is 0 Å². The van der Waals surface area contributed by atoms with Gasteiger partial charge in [-0.25, -0.2) is 0 Å². The molecule has 0 bridgehead atoms. The molecule has 1 aliphatic rings. The third kappa shape index (κ3) is 4.98. The van der Waals surface area contributed by atoms with E-state index in [0.29, 0.717) is 44.7 Å². The van der Waals surface area contributed by atoms with Gasteiger partial charge in [0, 0.05) is 19.6 Å². The molecule has 0 saturated carbocycles. The van der Waals surface area contributed by atoms with Crippen LogP contribution in [0.2, 0.25) is 5.28 Å². The summed E-state index contributed by atoms with van der Waals surface area (Å²) < 4.78 is 5.28. The molecule has 2 N–H and O–H groups in total. The predicted molar refractivity (Wildman–Crippen MR) is 79.7 cm³/mol. The molecule has 1 aromatic rings. The van der Waals surface area contributed by atoms with Crippen molar-refractivity contribution in [2.45, 2.75) is 13.3 Å². The highest BCUT2D eigenvalue weighted by Crippen LogP contribution is 2.14. The molecule has 1 amide bonds. The van der Waals surface area contributed by atoms with Gasteiger partial charge in [-0.2, -0.15) is 15.0 Å². The highest BCUT2D eigenvalue weighted by molar-refractivity contribution is 6.28. The Morgan fingerprint density at radius 2 is 2.10 bits per heavy atom. The van der Waals surface area contributed by atoms with Crippen molar-refractivity contribution < 1.29 is 9.53 Å². The van der Waals surface area contributed by atoms with Gasteiger partial charge in [-0.1, -0.05) is 6.92 Å². The third-order valence-corrected chi connectivity index (χ3v) is 3.04. The first-order chi connectivity index (χ1) is 10.2. The zero-order valence-corrected chi connectivity index (χ0v) is 12.7. The lowest BCUT2D eigenvalue weighted by molar-refractivity contribution is -0.119. The van der Waals surface area contributed by atoms with Gasteiger partial charge in [0.2, 0.25) is 23.1 Å². The Kier molecular flexibility index (Phi) is 5.94. The van der Waals surface area contributed by atoms with Crippen LogP contribution in [0, 0.1) is 0 Å². The average molecular weight is 315 g/mol. The number of carbonyl (C=O) groups is 1. The molecule has 116 valence electrons. The lowest BCUT2D eigenvalue weighted by atomic mass is 10.4. The molecule has 9 heteroatoms. The minimum Gasteiger partial charge on any atom is -0.378 e. The van der Waals surface area contributed by atoms with Gasteiger partial charge in [-0.05, 0) is 18.0 Å². The third-order valence-electron chi connectivity index (χ3n) is 2.87. The van der Waals surface area contributed by atoms with Crippen molar-refractivity contribution >= 4 is 29.4 Å². The molecule has 1 fully saturated rings. The molecule has 1 aliphatic heterocycles.